The summed E-state index contributed by atoms with van der Waals surface area (Å²) in [5.41, 5.74) is 0. The van der Waals surface area contributed by atoms with Crippen LogP contribution in [-0.4, -0.2) is 24.8 Å². The van der Waals surface area contributed by atoms with Crippen molar-refractivity contribution in [2.45, 2.75) is 12.8 Å². The molecule has 0 amide bonds. The number of ketones is 1. The monoisotopic (exact) mass is 153 g/mol. The van der Waals surface area contributed by atoms with Crippen molar-refractivity contribution in [1.29, 1.82) is 0 Å². The Labute approximate surface area is 68.2 Å². The van der Waals surface area contributed by atoms with Gasteiger partial charge in [-0.1, -0.05) is 6.08 Å². The van der Waals surface area contributed by atoms with E-state index in [4.69, 9.17) is 0 Å². The zero-order valence-corrected chi connectivity index (χ0v) is 7.21. The van der Waals surface area contributed by atoms with Crippen molar-refractivity contribution >= 4 is 5.78 Å². The molecule has 0 radical (unpaired) electrons. The van der Waals surface area contributed by atoms with Gasteiger partial charge in [0.25, 0.3) is 0 Å². The largest absolute Gasteiger partial charge is 0.383 e. The van der Waals surface area contributed by atoms with Gasteiger partial charge < -0.3 is 4.90 Å². The van der Waals surface area contributed by atoms with Crippen LogP contribution < -0.4 is 0 Å². The molecular formula is C9H15NO. The van der Waals surface area contributed by atoms with Crippen LogP contribution in [-0.2, 0) is 4.79 Å². The zero-order valence-electron chi connectivity index (χ0n) is 7.21. The molecule has 0 unspecified atom stereocenters. The summed E-state index contributed by atoms with van der Waals surface area (Å²) in [6.07, 6.45) is 6.42. The molecule has 0 aromatic rings. The maximum Gasteiger partial charge on any atom is 0.157 e. The molecule has 0 aromatic carbocycles. The molecule has 0 spiro atoms. The Balaban J connectivity index is 3.59. The predicted octanol–water partition coefficient (Wildman–Crippen LogP) is 1.60. The number of nitrogens with zero attached hydrogens (tertiary/aromatic N) is 1. The minimum Gasteiger partial charge on any atom is -0.383 e. The zero-order chi connectivity index (χ0) is 8.69. The van der Waals surface area contributed by atoms with Crippen LogP contribution >= 0.6 is 0 Å². The smallest absolute Gasteiger partial charge is 0.157 e. The second kappa shape index (κ2) is 5.71. The summed E-state index contributed by atoms with van der Waals surface area (Å²) in [5.74, 6) is 0.151. The number of allylic oxidation sites excluding steroid dienone is 2. The predicted molar refractivity (Wildman–Crippen MR) is 47.3 cm³/mol. The average molecular weight is 153 g/mol. The Morgan fingerprint density at radius 3 is 2.64 bits per heavy atom. The summed E-state index contributed by atoms with van der Waals surface area (Å²) in [6, 6.07) is 0. The van der Waals surface area contributed by atoms with E-state index in [2.05, 4.69) is 6.58 Å². The quantitative estimate of drug-likeness (QED) is 0.441. The number of hydrogen-bond donors (Lipinski definition) is 0. The average Bonchev–Trinajstić information content (AvgIpc) is 1.97. The summed E-state index contributed by atoms with van der Waals surface area (Å²) in [6.45, 7) is 3.54. The second-order valence-electron chi connectivity index (χ2n) is 2.57. The fourth-order valence-corrected chi connectivity index (χ4v) is 0.560. The van der Waals surface area contributed by atoms with Gasteiger partial charge in [0, 0.05) is 26.7 Å². The van der Waals surface area contributed by atoms with Gasteiger partial charge in [-0.3, -0.25) is 4.79 Å². The van der Waals surface area contributed by atoms with Gasteiger partial charge in [-0.25, -0.2) is 0 Å². The molecule has 0 bridgehead atoms. The van der Waals surface area contributed by atoms with Crippen LogP contribution in [0.15, 0.2) is 24.9 Å². The van der Waals surface area contributed by atoms with Crippen LogP contribution in [0.2, 0.25) is 0 Å². The van der Waals surface area contributed by atoms with Gasteiger partial charge in [0.1, 0.15) is 0 Å². The Kier molecular flexibility index (Phi) is 5.17. The lowest BCUT2D eigenvalue weighted by Crippen LogP contribution is -2.02. The third-order valence-electron chi connectivity index (χ3n) is 1.15. The summed E-state index contributed by atoms with van der Waals surface area (Å²) in [5, 5.41) is 0. The van der Waals surface area contributed by atoms with Crippen molar-refractivity contribution in [2.24, 2.45) is 0 Å². The molecule has 0 saturated heterocycles. The highest BCUT2D eigenvalue weighted by atomic mass is 16.1. The Bertz CT molecular complexity index is 159. The van der Waals surface area contributed by atoms with Gasteiger partial charge in [-0.2, -0.15) is 0 Å². The van der Waals surface area contributed by atoms with Crippen molar-refractivity contribution in [3.63, 3.8) is 0 Å². The standard InChI is InChI=1S/C9H15NO/c1-4-5-6-9(11)7-8-10(2)3/h4,7-8H,1,5-6H2,2-3H3/b8-7+. The first kappa shape index (κ1) is 9.95. The molecule has 0 N–H and O–H groups in total. The van der Waals surface area contributed by atoms with Crippen molar-refractivity contribution in [1.82, 2.24) is 4.90 Å². The van der Waals surface area contributed by atoms with Crippen LogP contribution in [0.4, 0.5) is 0 Å². The summed E-state index contributed by atoms with van der Waals surface area (Å²) < 4.78 is 0. The van der Waals surface area contributed by atoms with Crippen LogP contribution in [0.1, 0.15) is 12.8 Å². The van der Waals surface area contributed by atoms with Crippen molar-refractivity contribution in [2.75, 3.05) is 14.1 Å². The topological polar surface area (TPSA) is 20.3 Å². The third kappa shape index (κ3) is 6.84. The fraction of sp³-hybridized carbons (Fsp3) is 0.444. The number of hydrogen-bond acceptors (Lipinski definition) is 2. The molecule has 2 nitrogen and oxygen atoms in total. The van der Waals surface area contributed by atoms with E-state index in [0.717, 1.165) is 6.42 Å². The third-order valence-corrected chi connectivity index (χ3v) is 1.15. The maximum absolute atomic E-state index is 10.9. The minimum absolute atomic E-state index is 0.151. The normalized spacial score (nSPS) is 10.0. The number of rotatable bonds is 5. The number of carbonyl (C=O) groups is 1. The van der Waals surface area contributed by atoms with E-state index in [1.807, 2.05) is 19.0 Å². The van der Waals surface area contributed by atoms with E-state index in [0.29, 0.717) is 6.42 Å². The van der Waals surface area contributed by atoms with E-state index in [-0.39, 0.29) is 5.78 Å². The van der Waals surface area contributed by atoms with E-state index in [1.165, 1.54) is 0 Å². The molecule has 2 heteroatoms. The van der Waals surface area contributed by atoms with Crippen LogP contribution in [0.25, 0.3) is 0 Å². The lowest BCUT2D eigenvalue weighted by Gasteiger charge is -2.01. The van der Waals surface area contributed by atoms with Crippen molar-refractivity contribution in [3.8, 4) is 0 Å². The van der Waals surface area contributed by atoms with Crippen LogP contribution in [0, 0.1) is 0 Å². The minimum atomic E-state index is 0.151. The highest BCUT2D eigenvalue weighted by molar-refractivity contribution is 5.89. The van der Waals surface area contributed by atoms with Gasteiger partial charge in [0.2, 0.25) is 0 Å². The SMILES string of the molecule is C=CCCC(=O)/C=C/N(C)C. The Hall–Kier alpha value is -1.05. The molecule has 0 fully saturated rings. The first-order valence-electron chi connectivity index (χ1n) is 3.65. The molecule has 0 heterocycles. The van der Waals surface area contributed by atoms with Gasteiger partial charge in [0.05, 0.1) is 0 Å². The first-order valence-corrected chi connectivity index (χ1v) is 3.65. The van der Waals surface area contributed by atoms with Crippen LogP contribution in [0.5, 0.6) is 0 Å². The van der Waals surface area contributed by atoms with E-state index in [1.54, 1.807) is 18.4 Å². The molecule has 62 valence electrons. The fourth-order valence-electron chi connectivity index (χ4n) is 0.560. The molecule has 0 aliphatic carbocycles. The van der Waals surface area contributed by atoms with Gasteiger partial charge >= 0.3 is 0 Å². The molecule has 0 saturated carbocycles. The van der Waals surface area contributed by atoms with Crippen molar-refractivity contribution in [3.05, 3.63) is 24.9 Å². The molecule has 0 atom stereocenters. The highest BCUT2D eigenvalue weighted by Gasteiger charge is 1.92. The van der Waals surface area contributed by atoms with Crippen LogP contribution in [0.3, 0.4) is 0 Å². The lowest BCUT2D eigenvalue weighted by molar-refractivity contribution is -0.114. The van der Waals surface area contributed by atoms with E-state index in [9.17, 15) is 4.79 Å². The Morgan fingerprint density at radius 1 is 1.55 bits per heavy atom. The van der Waals surface area contributed by atoms with E-state index >= 15 is 0 Å². The molecular weight excluding hydrogens is 138 g/mol. The Morgan fingerprint density at radius 2 is 2.18 bits per heavy atom. The molecule has 11 heavy (non-hydrogen) atoms. The van der Waals surface area contributed by atoms with Gasteiger partial charge in [0.15, 0.2) is 5.78 Å². The molecule has 0 aliphatic heterocycles. The first-order chi connectivity index (χ1) is 5.16. The van der Waals surface area contributed by atoms with Crippen molar-refractivity contribution < 1.29 is 4.79 Å². The lowest BCUT2D eigenvalue weighted by atomic mass is 10.2. The molecule has 0 rings (SSSR count). The van der Waals surface area contributed by atoms with Gasteiger partial charge in [-0.05, 0) is 12.5 Å². The molecule has 0 aliphatic rings. The number of carbonyl (C=O) groups excluding carboxylic acids is 1. The maximum atomic E-state index is 10.9. The van der Waals surface area contributed by atoms with Gasteiger partial charge in [-0.15, -0.1) is 6.58 Å². The second-order valence-corrected chi connectivity index (χ2v) is 2.57. The summed E-state index contributed by atoms with van der Waals surface area (Å²) in [4.78, 5) is 12.8. The highest BCUT2D eigenvalue weighted by Crippen LogP contribution is 1.92. The summed E-state index contributed by atoms with van der Waals surface area (Å²) in [7, 11) is 3.77. The van der Waals surface area contributed by atoms with E-state index < -0.39 is 0 Å². The summed E-state index contributed by atoms with van der Waals surface area (Å²) >= 11 is 0. The molecule has 0 aromatic heterocycles.